The van der Waals surface area contributed by atoms with Gasteiger partial charge in [0.25, 0.3) is 0 Å². The lowest BCUT2D eigenvalue weighted by molar-refractivity contribution is -0.145. The quantitative estimate of drug-likeness (QED) is 0.479. The minimum Gasteiger partial charge on any atom is -0.480 e. The number of carboxylic acids is 1. The molecule has 10 heteroatoms. The van der Waals surface area contributed by atoms with Crippen molar-refractivity contribution in [1.29, 1.82) is 0 Å². The minimum atomic E-state index is -4.67. The van der Waals surface area contributed by atoms with Crippen LogP contribution in [0.1, 0.15) is 26.5 Å². The van der Waals surface area contributed by atoms with Crippen molar-refractivity contribution in [3.8, 4) is 0 Å². The number of hydrogen-bond acceptors (Lipinski definition) is 5. The van der Waals surface area contributed by atoms with Crippen LogP contribution in [0.4, 0.5) is 0 Å². The van der Waals surface area contributed by atoms with Crippen LogP contribution in [-0.2, 0) is 20.6 Å². The summed E-state index contributed by atoms with van der Waals surface area (Å²) in [6.07, 6.45) is 3.17. The predicted octanol–water partition coefficient (Wildman–Crippen LogP) is -0.163. The Balaban J connectivity index is 0.000000555. The summed E-state index contributed by atoms with van der Waals surface area (Å²) in [5.74, 6) is -1.04. The molecular formula is C9H17N3O6S. The molecule has 6 N–H and O–H groups in total. The number of carboxylic acid groups (broad SMARTS) is 1. The standard InChI is InChI=1S/C9H15N3O2.H2O4S/c1-8(2,6-4-11-5-12-6)9(3,10)7(13)14;1-5(2,3)4/h4-5H,10H2,1-3H3,(H,11,12)(H,13,14);(H2,1,2,3,4)/t9-;/m1./s1. The average molecular weight is 295 g/mol. The summed E-state index contributed by atoms with van der Waals surface area (Å²) in [4.78, 5) is 17.8. The van der Waals surface area contributed by atoms with Crippen LogP contribution in [0, 0.1) is 0 Å². The Hall–Kier alpha value is -1.49. The zero-order valence-electron chi connectivity index (χ0n) is 10.7. The molecule has 0 saturated carbocycles. The first-order valence-corrected chi connectivity index (χ1v) is 6.41. The second-order valence-electron chi connectivity index (χ2n) is 4.53. The molecule has 110 valence electrons. The van der Waals surface area contributed by atoms with E-state index in [2.05, 4.69) is 9.97 Å². The smallest absolute Gasteiger partial charge is 0.394 e. The topological polar surface area (TPSA) is 167 Å². The van der Waals surface area contributed by atoms with Crippen LogP contribution in [0.2, 0.25) is 0 Å². The molecule has 0 saturated heterocycles. The lowest BCUT2D eigenvalue weighted by Crippen LogP contribution is -2.58. The van der Waals surface area contributed by atoms with E-state index in [1.54, 1.807) is 20.0 Å². The van der Waals surface area contributed by atoms with Crippen LogP contribution in [-0.4, -0.2) is 44.1 Å². The zero-order valence-corrected chi connectivity index (χ0v) is 11.5. The molecule has 0 aliphatic carbocycles. The van der Waals surface area contributed by atoms with Gasteiger partial charge in [-0.2, -0.15) is 8.42 Å². The van der Waals surface area contributed by atoms with Gasteiger partial charge in [-0.1, -0.05) is 13.8 Å². The molecule has 1 aromatic heterocycles. The highest BCUT2D eigenvalue weighted by atomic mass is 32.3. The number of carbonyl (C=O) groups is 1. The number of nitrogens with one attached hydrogen (secondary N) is 1. The van der Waals surface area contributed by atoms with Gasteiger partial charge < -0.3 is 15.8 Å². The van der Waals surface area contributed by atoms with E-state index in [1.807, 2.05) is 0 Å². The largest absolute Gasteiger partial charge is 0.480 e. The van der Waals surface area contributed by atoms with Gasteiger partial charge in [0.1, 0.15) is 5.54 Å². The second kappa shape index (κ2) is 5.65. The van der Waals surface area contributed by atoms with Gasteiger partial charge in [-0.15, -0.1) is 0 Å². The monoisotopic (exact) mass is 295 g/mol. The van der Waals surface area contributed by atoms with E-state index in [1.165, 1.54) is 13.3 Å². The normalized spacial score (nSPS) is 15.1. The fraction of sp³-hybridized carbons (Fsp3) is 0.556. The number of nitrogens with two attached hydrogens (primary N) is 1. The van der Waals surface area contributed by atoms with Crippen molar-refractivity contribution in [2.45, 2.75) is 31.7 Å². The van der Waals surface area contributed by atoms with Gasteiger partial charge >= 0.3 is 16.4 Å². The van der Waals surface area contributed by atoms with Crippen molar-refractivity contribution < 1.29 is 27.4 Å². The van der Waals surface area contributed by atoms with Crippen LogP contribution in [0.5, 0.6) is 0 Å². The third kappa shape index (κ3) is 4.95. The number of hydrogen-bond donors (Lipinski definition) is 5. The summed E-state index contributed by atoms with van der Waals surface area (Å²) in [7, 11) is -4.67. The fourth-order valence-electron chi connectivity index (χ4n) is 1.14. The highest BCUT2D eigenvalue weighted by molar-refractivity contribution is 7.79. The molecular weight excluding hydrogens is 278 g/mol. The van der Waals surface area contributed by atoms with Gasteiger partial charge in [-0.05, 0) is 6.92 Å². The Morgan fingerprint density at radius 2 is 1.79 bits per heavy atom. The SMILES string of the molecule is CC(C)(c1c[nH]cn1)[C@](C)(N)C(=O)O.O=S(=O)(O)O. The molecule has 1 aromatic rings. The third-order valence-electron chi connectivity index (χ3n) is 2.88. The zero-order chi connectivity index (χ0) is 15.5. The highest BCUT2D eigenvalue weighted by Gasteiger charge is 2.46. The number of nitrogens with zero attached hydrogens (tertiary/aromatic N) is 1. The van der Waals surface area contributed by atoms with E-state index >= 15 is 0 Å². The number of imidazole rings is 1. The lowest BCUT2D eigenvalue weighted by atomic mass is 9.72. The van der Waals surface area contributed by atoms with Gasteiger partial charge in [0, 0.05) is 11.6 Å². The van der Waals surface area contributed by atoms with Crippen LogP contribution in [0.3, 0.4) is 0 Å². The van der Waals surface area contributed by atoms with E-state index in [0.29, 0.717) is 5.69 Å². The van der Waals surface area contributed by atoms with Crippen LogP contribution < -0.4 is 5.73 Å². The number of H-pyrrole nitrogens is 1. The van der Waals surface area contributed by atoms with Crippen molar-refractivity contribution in [2.75, 3.05) is 0 Å². The van der Waals surface area contributed by atoms with Crippen LogP contribution in [0.25, 0.3) is 0 Å². The molecule has 0 aromatic carbocycles. The maximum Gasteiger partial charge on any atom is 0.394 e. The lowest BCUT2D eigenvalue weighted by Gasteiger charge is -2.36. The molecule has 0 bridgehead atoms. The molecule has 0 aliphatic heterocycles. The number of rotatable bonds is 3. The first-order valence-electron chi connectivity index (χ1n) is 5.01. The molecule has 1 rings (SSSR count). The molecule has 1 heterocycles. The minimum absolute atomic E-state index is 0.643. The fourth-order valence-corrected chi connectivity index (χ4v) is 1.14. The maximum absolute atomic E-state index is 11.0. The van der Waals surface area contributed by atoms with Crippen LogP contribution >= 0.6 is 0 Å². The summed E-state index contributed by atoms with van der Waals surface area (Å²) in [6.45, 7) is 5.01. The van der Waals surface area contributed by atoms with Crippen molar-refractivity contribution in [1.82, 2.24) is 9.97 Å². The van der Waals surface area contributed by atoms with Gasteiger partial charge in [0.05, 0.1) is 12.0 Å². The summed E-state index contributed by atoms with van der Waals surface area (Å²) < 4.78 is 31.6. The number of aromatic amines is 1. The van der Waals surface area contributed by atoms with Crippen molar-refractivity contribution in [2.24, 2.45) is 5.73 Å². The predicted molar refractivity (Wildman–Crippen MR) is 66.0 cm³/mol. The van der Waals surface area contributed by atoms with Crippen molar-refractivity contribution in [3.05, 3.63) is 18.2 Å². The third-order valence-corrected chi connectivity index (χ3v) is 2.88. The van der Waals surface area contributed by atoms with E-state index in [0.717, 1.165) is 0 Å². The second-order valence-corrected chi connectivity index (χ2v) is 5.43. The first-order chi connectivity index (χ1) is 8.30. The van der Waals surface area contributed by atoms with Crippen molar-refractivity contribution >= 4 is 16.4 Å². The average Bonchev–Trinajstić information content (AvgIpc) is 2.66. The van der Waals surface area contributed by atoms with Gasteiger partial charge in [-0.25, -0.2) is 4.98 Å². The summed E-state index contributed by atoms with van der Waals surface area (Å²) in [5, 5.41) is 9.01. The Labute approximate surface area is 110 Å². The highest BCUT2D eigenvalue weighted by Crippen LogP contribution is 2.31. The van der Waals surface area contributed by atoms with Gasteiger partial charge in [-0.3, -0.25) is 13.9 Å². The van der Waals surface area contributed by atoms with E-state index in [4.69, 9.17) is 28.4 Å². The molecule has 0 aliphatic rings. The molecule has 0 fully saturated rings. The summed E-state index contributed by atoms with van der Waals surface area (Å²) >= 11 is 0. The Kier molecular flexibility index (Phi) is 5.21. The number of aliphatic carboxylic acids is 1. The summed E-state index contributed by atoms with van der Waals surface area (Å²) in [6, 6.07) is 0. The van der Waals surface area contributed by atoms with Gasteiger partial charge in [0.2, 0.25) is 0 Å². The molecule has 9 nitrogen and oxygen atoms in total. The molecule has 1 atom stereocenters. The summed E-state index contributed by atoms with van der Waals surface area (Å²) in [5.41, 5.74) is 4.35. The molecule has 19 heavy (non-hydrogen) atoms. The Morgan fingerprint density at radius 3 is 2.05 bits per heavy atom. The molecule has 0 amide bonds. The van der Waals surface area contributed by atoms with E-state index < -0.39 is 27.3 Å². The Morgan fingerprint density at radius 1 is 1.37 bits per heavy atom. The van der Waals surface area contributed by atoms with E-state index in [-0.39, 0.29) is 0 Å². The Bertz CT molecular complexity index is 512. The molecule has 0 unspecified atom stereocenters. The molecule has 0 radical (unpaired) electrons. The van der Waals surface area contributed by atoms with E-state index in [9.17, 15) is 4.79 Å². The first kappa shape index (κ1) is 17.5. The van der Waals surface area contributed by atoms with Crippen LogP contribution in [0.15, 0.2) is 12.5 Å². The van der Waals surface area contributed by atoms with Crippen molar-refractivity contribution in [3.63, 3.8) is 0 Å². The number of aromatic nitrogens is 2. The maximum atomic E-state index is 11.0. The molecule has 0 spiro atoms. The van der Waals surface area contributed by atoms with Gasteiger partial charge in [0.15, 0.2) is 0 Å².